The maximum absolute atomic E-state index is 11.5. The standard InChI is InChI=1S/C23H30N2O4S/c1-18(13-20-5-3-4-11-23(20,26)17-24)14-25-12-10-19(15-25)16-29-21-6-8-22(9-7-21)30(2,27)28/h3-9,11,18-20,26H,10,12-16H2,1-2H3/t18-,19+,20?,23?/m1/s1. The molecule has 1 N–H and O–H groups in total. The first kappa shape index (κ1) is 22.5. The van der Waals surface area contributed by atoms with Crippen molar-refractivity contribution in [3.8, 4) is 11.8 Å². The van der Waals surface area contributed by atoms with Crippen LogP contribution < -0.4 is 4.74 Å². The highest BCUT2D eigenvalue weighted by Crippen LogP contribution is 2.30. The Morgan fingerprint density at radius 3 is 2.73 bits per heavy atom. The van der Waals surface area contributed by atoms with Gasteiger partial charge in [0.05, 0.1) is 11.5 Å². The summed E-state index contributed by atoms with van der Waals surface area (Å²) in [5, 5.41) is 19.8. The first-order chi connectivity index (χ1) is 14.2. The minimum atomic E-state index is -3.19. The number of rotatable bonds is 8. The zero-order valence-corrected chi connectivity index (χ0v) is 18.4. The third-order valence-corrected chi connectivity index (χ3v) is 7.01. The molecule has 2 aliphatic rings. The van der Waals surface area contributed by atoms with Crippen LogP contribution in [0.5, 0.6) is 5.75 Å². The Bertz CT molecular complexity index is 933. The van der Waals surface area contributed by atoms with Gasteiger partial charge in [-0.05, 0) is 55.6 Å². The lowest BCUT2D eigenvalue weighted by molar-refractivity contribution is 0.0871. The Kier molecular flexibility index (Phi) is 7.02. The number of allylic oxidation sites excluding steroid dienone is 2. The van der Waals surface area contributed by atoms with Crippen molar-refractivity contribution >= 4 is 9.84 Å². The lowest BCUT2D eigenvalue weighted by Crippen LogP contribution is -2.37. The second-order valence-electron chi connectivity index (χ2n) is 8.60. The van der Waals surface area contributed by atoms with E-state index in [1.54, 1.807) is 36.4 Å². The monoisotopic (exact) mass is 430 g/mol. The van der Waals surface area contributed by atoms with E-state index in [2.05, 4.69) is 11.8 Å². The predicted molar refractivity (Wildman–Crippen MR) is 116 cm³/mol. The van der Waals surface area contributed by atoms with E-state index < -0.39 is 15.4 Å². The molecule has 6 nitrogen and oxygen atoms in total. The van der Waals surface area contributed by atoms with Crippen molar-refractivity contribution in [3.05, 3.63) is 48.6 Å². The maximum Gasteiger partial charge on any atom is 0.176 e. The minimum Gasteiger partial charge on any atom is -0.493 e. The van der Waals surface area contributed by atoms with E-state index in [4.69, 9.17) is 4.74 Å². The van der Waals surface area contributed by atoms with E-state index >= 15 is 0 Å². The number of likely N-dealkylation sites (tertiary alicyclic amines) is 1. The van der Waals surface area contributed by atoms with Crippen LogP contribution in [0.25, 0.3) is 0 Å². The van der Waals surface area contributed by atoms with Gasteiger partial charge < -0.3 is 14.7 Å². The van der Waals surface area contributed by atoms with Gasteiger partial charge in [-0.25, -0.2) is 8.42 Å². The van der Waals surface area contributed by atoms with Crippen LogP contribution in [0.3, 0.4) is 0 Å². The van der Waals surface area contributed by atoms with Crippen LogP contribution in [0.2, 0.25) is 0 Å². The molecule has 0 spiro atoms. The van der Waals surface area contributed by atoms with Gasteiger partial charge in [-0.1, -0.05) is 25.2 Å². The summed E-state index contributed by atoms with van der Waals surface area (Å²) in [6.45, 7) is 5.66. The van der Waals surface area contributed by atoms with Gasteiger partial charge in [0.15, 0.2) is 15.4 Å². The Labute approximate surface area is 179 Å². The van der Waals surface area contributed by atoms with Crippen LogP contribution in [0.1, 0.15) is 19.8 Å². The first-order valence-electron chi connectivity index (χ1n) is 10.3. The van der Waals surface area contributed by atoms with Crippen molar-refractivity contribution < 1.29 is 18.3 Å². The maximum atomic E-state index is 11.5. The van der Waals surface area contributed by atoms with Gasteiger partial charge in [0.2, 0.25) is 0 Å². The number of hydrogen-bond acceptors (Lipinski definition) is 6. The molecule has 30 heavy (non-hydrogen) atoms. The molecule has 1 aromatic carbocycles. The molecule has 1 aliphatic carbocycles. The SMILES string of the molecule is C[C@H](CC1C=CC=CC1(O)C#N)CN1CC[C@H](COc2ccc(S(C)(=O)=O)cc2)C1. The highest BCUT2D eigenvalue weighted by Gasteiger charge is 2.35. The molecule has 1 heterocycles. The van der Waals surface area contributed by atoms with Crippen LogP contribution in [-0.4, -0.2) is 56.5 Å². The van der Waals surface area contributed by atoms with Crippen LogP contribution in [0.15, 0.2) is 53.5 Å². The summed E-state index contributed by atoms with van der Waals surface area (Å²) in [4.78, 5) is 2.71. The second kappa shape index (κ2) is 9.34. The number of aliphatic hydroxyl groups is 1. The fraction of sp³-hybridized carbons (Fsp3) is 0.522. The van der Waals surface area contributed by atoms with Crippen molar-refractivity contribution in [3.63, 3.8) is 0 Å². The van der Waals surface area contributed by atoms with Gasteiger partial charge >= 0.3 is 0 Å². The fourth-order valence-corrected chi connectivity index (χ4v) is 4.84. The Morgan fingerprint density at radius 1 is 1.33 bits per heavy atom. The molecule has 0 aromatic heterocycles. The van der Waals surface area contributed by atoms with Crippen molar-refractivity contribution in [1.29, 1.82) is 5.26 Å². The molecule has 1 fully saturated rings. The Hall–Kier alpha value is -2.14. The molecular formula is C23H30N2O4S. The summed E-state index contributed by atoms with van der Waals surface area (Å²) in [7, 11) is -3.19. The molecule has 1 aromatic rings. The molecule has 4 atom stereocenters. The molecule has 7 heteroatoms. The van der Waals surface area contributed by atoms with Gasteiger partial charge in [0.1, 0.15) is 11.8 Å². The van der Waals surface area contributed by atoms with E-state index in [1.165, 1.54) is 6.26 Å². The predicted octanol–water partition coefficient (Wildman–Crippen LogP) is 2.81. The Morgan fingerprint density at radius 2 is 2.07 bits per heavy atom. The van der Waals surface area contributed by atoms with Crippen molar-refractivity contribution in [1.82, 2.24) is 4.90 Å². The second-order valence-corrected chi connectivity index (χ2v) is 10.6. The molecule has 162 valence electrons. The number of nitriles is 1. The fourth-order valence-electron chi connectivity index (χ4n) is 4.21. The molecule has 1 aliphatic heterocycles. The lowest BCUT2D eigenvalue weighted by atomic mass is 9.79. The van der Waals surface area contributed by atoms with Crippen LogP contribution >= 0.6 is 0 Å². The summed E-state index contributed by atoms with van der Waals surface area (Å²) in [5.41, 5.74) is -1.41. The molecule has 0 bridgehead atoms. The van der Waals surface area contributed by atoms with E-state index in [0.717, 1.165) is 32.5 Å². The molecule has 2 unspecified atom stereocenters. The molecule has 0 saturated carbocycles. The number of hydrogen-bond donors (Lipinski definition) is 1. The third-order valence-electron chi connectivity index (χ3n) is 5.88. The van der Waals surface area contributed by atoms with E-state index in [-0.39, 0.29) is 5.92 Å². The smallest absolute Gasteiger partial charge is 0.176 e. The average molecular weight is 431 g/mol. The van der Waals surface area contributed by atoms with Gasteiger partial charge in [0, 0.05) is 31.2 Å². The zero-order valence-electron chi connectivity index (χ0n) is 17.6. The molecule has 3 rings (SSSR count). The van der Waals surface area contributed by atoms with Crippen molar-refractivity contribution in [2.45, 2.75) is 30.3 Å². The molecule has 0 amide bonds. The Balaban J connectivity index is 1.44. The normalized spacial score (nSPS) is 27.7. The molecular weight excluding hydrogens is 400 g/mol. The first-order valence-corrected chi connectivity index (χ1v) is 12.2. The van der Waals surface area contributed by atoms with Crippen LogP contribution in [0.4, 0.5) is 0 Å². The van der Waals surface area contributed by atoms with E-state index in [0.29, 0.717) is 29.1 Å². The van der Waals surface area contributed by atoms with Crippen molar-refractivity contribution in [2.75, 3.05) is 32.5 Å². The van der Waals surface area contributed by atoms with Crippen molar-refractivity contribution in [2.24, 2.45) is 17.8 Å². The van der Waals surface area contributed by atoms with E-state index in [9.17, 15) is 18.8 Å². The van der Waals surface area contributed by atoms with Gasteiger partial charge in [-0.15, -0.1) is 0 Å². The minimum absolute atomic E-state index is 0.181. The average Bonchev–Trinajstić information content (AvgIpc) is 3.15. The van der Waals surface area contributed by atoms with E-state index in [1.807, 2.05) is 18.2 Å². The summed E-state index contributed by atoms with van der Waals surface area (Å²) in [6.07, 6.45) is 10.1. The number of sulfone groups is 1. The summed E-state index contributed by atoms with van der Waals surface area (Å²) >= 11 is 0. The van der Waals surface area contributed by atoms with Crippen LogP contribution in [0, 0.1) is 29.1 Å². The largest absolute Gasteiger partial charge is 0.493 e. The molecule has 0 radical (unpaired) electrons. The lowest BCUT2D eigenvalue weighted by Gasteiger charge is -2.30. The zero-order chi connectivity index (χ0) is 21.8. The highest BCUT2D eigenvalue weighted by molar-refractivity contribution is 7.90. The number of benzene rings is 1. The third kappa shape index (κ3) is 5.72. The molecule has 1 saturated heterocycles. The van der Waals surface area contributed by atoms with Gasteiger partial charge in [0.25, 0.3) is 0 Å². The number of nitrogens with zero attached hydrogens (tertiary/aromatic N) is 2. The summed E-state index contributed by atoms with van der Waals surface area (Å²) < 4.78 is 28.9. The summed E-state index contributed by atoms with van der Waals surface area (Å²) in [5.74, 6) is 1.29. The van der Waals surface area contributed by atoms with Gasteiger partial charge in [-0.2, -0.15) is 5.26 Å². The quantitative estimate of drug-likeness (QED) is 0.638. The summed E-state index contributed by atoms with van der Waals surface area (Å²) in [6, 6.07) is 8.59. The van der Waals surface area contributed by atoms with Crippen LogP contribution in [-0.2, 0) is 9.84 Å². The highest BCUT2D eigenvalue weighted by atomic mass is 32.2. The topological polar surface area (TPSA) is 90.6 Å². The number of ether oxygens (including phenoxy) is 1. The van der Waals surface area contributed by atoms with Gasteiger partial charge in [-0.3, -0.25) is 0 Å².